The zero-order chi connectivity index (χ0) is 18.8. The Hall–Kier alpha value is -0.170. The van der Waals surface area contributed by atoms with Crippen molar-refractivity contribution in [3.63, 3.8) is 0 Å². The van der Waals surface area contributed by atoms with E-state index in [1.807, 2.05) is 11.9 Å². The maximum Gasteiger partial charge on any atom is 0.213 e. The highest BCUT2D eigenvalue weighted by Crippen LogP contribution is 2.28. The van der Waals surface area contributed by atoms with Crippen LogP contribution in [0.3, 0.4) is 0 Å². The molecule has 1 saturated heterocycles. The van der Waals surface area contributed by atoms with Crippen LogP contribution in [0.5, 0.6) is 0 Å². The van der Waals surface area contributed by atoms with Crippen LogP contribution < -0.4 is 10.0 Å². The molecule has 0 radical (unpaired) electrons. The van der Waals surface area contributed by atoms with Gasteiger partial charge in [0.2, 0.25) is 10.0 Å². The van der Waals surface area contributed by atoms with Crippen molar-refractivity contribution in [1.82, 2.24) is 14.9 Å². The highest BCUT2D eigenvalue weighted by atomic mass is 127. The molecule has 1 saturated carbocycles. The third-order valence-electron chi connectivity index (χ3n) is 4.65. The molecule has 2 fully saturated rings. The fourth-order valence-corrected chi connectivity index (χ4v) is 3.74. The summed E-state index contributed by atoms with van der Waals surface area (Å²) in [7, 11) is 0.286. The quantitative estimate of drug-likeness (QED) is 0.184. The second kappa shape index (κ2) is 13.1. The Morgan fingerprint density at radius 3 is 2.70 bits per heavy atom. The molecular weight excluding hydrogens is 483 g/mol. The van der Waals surface area contributed by atoms with E-state index in [0.717, 1.165) is 44.9 Å². The van der Waals surface area contributed by atoms with Gasteiger partial charge in [-0.15, -0.1) is 24.0 Å². The summed E-state index contributed by atoms with van der Waals surface area (Å²) in [6.45, 7) is 3.59. The smallest absolute Gasteiger partial charge is 0.213 e. The average Bonchev–Trinajstić information content (AvgIpc) is 3.46. The molecule has 0 spiro atoms. The first-order chi connectivity index (χ1) is 12.5. The first kappa shape index (κ1) is 24.9. The fraction of sp³-hybridized carbons (Fsp3) is 0.941. The van der Waals surface area contributed by atoms with Crippen LogP contribution in [-0.2, 0) is 19.5 Å². The normalized spacial score (nSPS) is 20.8. The molecule has 0 bridgehead atoms. The lowest BCUT2D eigenvalue weighted by Gasteiger charge is -2.23. The van der Waals surface area contributed by atoms with Gasteiger partial charge in [0.1, 0.15) is 0 Å². The molecule has 8 nitrogen and oxygen atoms in total. The van der Waals surface area contributed by atoms with Gasteiger partial charge in [-0.05, 0) is 38.0 Å². The lowest BCUT2D eigenvalue weighted by molar-refractivity contribution is 0.0200. The number of ether oxygens (including phenoxy) is 2. The molecule has 0 aromatic carbocycles. The van der Waals surface area contributed by atoms with E-state index in [0.29, 0.717) is 25.7 Å². The monoisotopic (exact) mass is 518 g/mol. The second-order valence-electron chi connectivity index (χ2n) is 7.07. The lowest BCUT2D eigenvalue weighted by atomic mass is 10.1. The molecule has 27 heavy (non-hydrogen) atoms. The zero-order valence-corrected chi connectivity index (χ0v) is 19.6. The number of hydrogen-bond acceptors (Lipinski definition) is 5. The molecule has 10 heteroatoms. The number of halogens is 1. The van der Waals surface area contributed by atoms with Crippen molar-refractivity contribution in [2.24, 2.45) is 10.9 Å². The summed E-state index contributed by atoms with van der Waals surface area (Å²) in [5.74, 6) is 1.44. The Labute approximate surface area is 180 Å². The summed E-state index contributed by atoms with van der Waals surface area (Å²) < 4.78 is 38.0. The van der Waals surface area contributed by atoms with Crippen molar-refractivity contribution >= 4 is 40.0 Å². The minimum absolute atomic E-state index is 0. The zero-order valence-electron chi connectivity index (χ0n) is 16.5. The molecule has 1 heterocycles. The SMILES string of the molecule is CN=C(NCCS(=O)(=O)NCC1CCCCO1)N(C)CCOCC1CC1.I. The molecule has 1 aliphatic carbocycles. The van der Waals surface area contributed by atoms with Crippen molar-refractivity contribution in [2.45, 2.75) is 38.2 Å². The van der Waals surface area contributed by atoms with E-state index in [-0.39, 0.29) is 35.8 Å². The third kappa shape index (κ3) is 10.8. The second-order valence-corrected chi connectivity index (χ2v) is 9.00. The first-order valence-corrected chi connectivity index (χ1v) is 11.2. The molecule has 0 aromatic rings. The Bertz CT molecular complexity index is 537. The molecular formula is C17H35IN4O4S. The predicted molar refractivity (Wildman–Crippen MR) is 118 cm³/mol. The minimum Gasteiger partial charge on any atom is -0.379 e. The van der Waals surface area contributed by atoms with Gasteiger partial charge in [-0.3, -0.25) is 4.99 Å². The largest absolute Gasteiger partial charge is 0.379 e. The number of nitrogens with one attached hydrogen (secondary N) is 2. The summed E-state index contributed by atoms with van der Waals surface area (Å²) in [5, 5.41) is 3.10. The van der Waals surface area contributed by atoms with Crippen LogP contribution in [0.25, 0.3) is 0 Å². The van der Waals surface area contributed by atoms with Crippen LogP contribution in [0.2, 0.25) is 0 Å². The van der Waals surface area contributed by atoms with Crippen molar-refractivity contribution in [2.75, 3.05) is 59.3 Å². The molecule has 2 aliphatic rings. The van der Waals surface area contributed by atoms with Crippen LogP contribution in [0.1, 0.15) is 32.1 Å². The van der Waals surface area contributed by atoms with Gasteiger partial charge in [0, 0.05) is 46.9 Å². The van der Waals surface area contributed by atoms with E-state index in [4.69, 9.17) is 9.47 Å². The van der Waals surface area contributed by atoms with Crippen molar-refractivity contribution < 1.29 is 17.9 Å². The van der Waals surface area contributed by atoms with Crippen molar-refractivity contribution in [3.05, 3.63) is 0 Å². The van der Waals surface area contributed by atoms with Crippen LogP contribution >= 0.6 is 24.0 Å². The van der Waals surface area contributed by atoms with Crippen LogP contribution in [0, 0.1) is 5.92 Å². The summed E-state index contributed by atoms with van der Waals surface area (Å²) >= 11 is 0. The highest BCUT2D eigenvalue weighted by Gasteiger charge is 2.21. The maximum absolute atomic E-state index is 12.1. The highest BCUT2D eigenvalue weighted by molar-refractivity contribution is 14.0. The van der Waals surface area contributed by atoms with E-state index < -0.39 is 10.0 Å². The van der Waals surface area contributed by atoms with Crippen LogP contribution in [0.15, 0.2) is 4.99 Å². The van der Waals surface area contributed by atoms with Gasteiger partial charge < -0.3 is 19.7 Å². The van der Waals surface area contributed by atoms with Gasteiger partial charge in [-0.1, -0.05) is 0 Å². The van der Waals surface area contributed by atoms with E-state index >= 15 is 0 Å². The molecule has 2 rings (SSSR count). The topological polar surface area (TPSA) is 92.3 Å². The Kier molecular flexibility index (Phi) is 12.1. The predicted octanol–water partition coefficient (Wildman–Crippen LogP) is 1.03. The number of guanidine groups is 1. The Morgan fingerprint density at radius 2 is 2.07 bits per heavy atom. The number of sulfonamides is 1. The molecule has 1 unspecified atom stereocenters. The third-order valence-corrected chi connectivity index (χ3v) is 6.00. The molecule has 1 aliphatic heterocycles. The lowest BCUT2D eigenvalue weighted by Crippen LogP contribution is -2.44. The summed E-state index contributed by atoms with van der Waals surface area (Å²) in [6, 6.07) is 0. The molecule has 0 amide bonds. The maximum atomic E-state index is 12.1. The van der Waals surface area contributed by atoms with E-state index in [2.05, 4.69) is 15.0 Å². The number of likely N-dealkylation sites (N-methyl/N-ethyl adjacent to an activating group) is 1. The van der Waals surface area contributed by atoms with Gasteiger partial charge in [0.05, 0.1) is 18.5 Å². The van der Waals surface area contributed by atoms with Crippen LogP contribution in [-0.4, -0.2) is 84.7 Å². The fourth-order valence-electron chi connectivity index (χ4n) is 2.78. The van der Waals surface area contributed by atoms with Gasteiger partial charge >= 0.3 is 0 Å². The van der Waals surface area contributed by atoms with Crippen LogP contribution in [0.4, 0.5) is 0 Å². The molecule has 1 atom stereocenters. The van der Waals surface area contributed by atoms with Gasteiger partial charge in [-0.25, -0.2) is 13.1 Å². The number of hydrogen-bond donors (Lipinski definition) is 2. The minimum atomic E-state index is -3.32. The van der Waals surface area contributed by atoms with E-state index in [1.54, 1.807) is 7.05 Å². The Morgan fingerprint density at radius 1 is 1.30 bits per heavy atom. The van der Waals surface area contributed by atoms with Gasteiger partial charge in [-0.2, -0.15) is 0 Å². The standard InChI is InChI=1S/C17H34N4O4S.HI/c1-18-17(21(2)9-11-24-14-15-6-7-15)19-8-12-26(22,23)20-13-16-5-3-4-10-25-16;/h15-16,20H,3-14H2,1-2H3,(H,18,19);1H. The summed E-state index contributed by atoms with van der Waals surface area (Å²) in [6.07, 6.45) is 5.65. The number of rotatable bonds is 11. The van der Waals surface area contributed by atoms with E-state index in [1.165, 1.54) is 12.8 Å². The molecule has 0 aromatic heterocycles. The van der Waals surface area contributed by atoms with Gasteiger partial charge in [0.15, 0.2) is 5.96 Å². The molecule has 2 N–H and O–H groups in total. The number of aliphatic imine (C=N–C) groups is 1. The summed E-state index contributed by atoms with van der Waals surface area (Å²) in [4.78, 5) is 6.14. The molecule has 160 valence electrons. The van der Waals surface area contributed by atoms with Crippen molar-refractivity contribution in [1.29, 1.82) is 0 Å². The number of nitrogens with zero attached hydrogens (tertiary/aromatic N) is 2. The Balaban J connectivity index is 0.00000364. The van der Waals surface area contributed by atoms with Crippen molar-refractivity contribution in [3.8, 4) is 0 Å². The van der Waals surface area contributed by atoms with Gasteiger partial charge in [0.25, 0.3) is 0 Å². The average molecular weight is 518 g/mol. The summed E-state index contributed by atoms with van der Waals surface area (Å²) in [5.41, 5.74) is 0. The first-order valence-electron chi connectivity index (χ1n) is 9.58. The van der Waals surface area contributed by atoms with E-state index in [9.17, 15) is 8.42 Å².